The molecule has 0 aliphatic carbocycles. The molecule has 0 spiro atoms. The fraction of sp³-hybridized carbons (Fsp3) is 0.286. The van der Waals surface area contributed by atoms with Crippen LogP contribution in [-0.2, 0) is 13.1 Å². The quantitative estimate of drug-likeness (QED) is 0.714. The van der Waals surface area contributed by atoms with Crippen LogP contribution in [0.2, 0.25) is 0 Å². The highest BCUT2D eigenvalue weighted by Gasteiger charge is 2.12. The molecule has 3 aromatic rings. The van der Waals surface area contributed by atoms with Crippen LogP contribution in [0, 0.1) is 0 Å². The van der Waals surface area contributed by atoms with E-state index in [1.807, 2.05) is 6.92 Å². The number of fused-ring (bicyclic) bond motifs is 1. The van der Waals surface area contributed by atoms with Crippen LogP contribution in [0.4, 0.5) is 0 Å². The maximum Gasteiger partial charge on any atom is 0.422 e. The van der Waals surface area contributed by atoms with E-state index in [1.165, 1.54) is 10.9 Å². The van der Waals surface area contributed by atoms with E-state index in [4.69, 9.17) is 4.42 Å². The Bertz CT molecular complexity index is 891. The molecule has 108 valence electrons. The maximum absolute atomic E-state index is 12.0. The minimum atomic E-state index is -0.690. The summed E-state index contributed by atoms with van der Waals surface area (Å²) < 4.78 is 7.90. The molecule has 0 aliphatic heterocycles. The van der Waals surface area contributed by atoms with E-state index in [9.17, 15) is 9.59 Å². The second-order valence-corrected chi connectivity index (χ2v) is 4.66. The van der Waals surface area contributed by atoms with Gasteiger partial charge in [-0.05, 0) is 18.6 Å². The van der Waals surface area contributed by atoms with Gasteiger partial charge in [0.05, 0.1) is 17.4 Å². The Morgan fingerprint density at radius 3 is 2.86 bits per heavy atom. The first-order valence-corrected chi connectivity index (χ1v) is 6.70. The van der Waals surface area contributed by atoms with Crippen LogP contribution in [0.1, 0.15) is 19.2 Å². The number of hydrogen-bond acceptors (Lipinski definition) is 5. The lowest BCUT2D eigenvalue weighted by Gasteiger charge is -2.08. The van der Waals surface area contributed by atoms with Crippen LogP contribution >= 0.6 is 0 Å². The molecule has 21 heavy (non-hydrogen) atoms. The highest BCUT2D eigenvalue weighted by Crippen LogP contribution is 2.09. The summed E-state index contributed by atoms with van der Waals surface area (Å²) in [5, 5.41) is 4.50. The lowest BCUT2D eigenvalue weighted by Crippen LogP contribution is -2.26. The fourth-order valence-corrected chi connectivity index (χ4v) is 2.27. The Kier molecular flexibility index (Phi) is 3.39. The van der Waals surface area contributed by atoms with E-state index < -0.39 is 11.4 Å². The summed E-state index contributed by atoms with van der Waals surface area (Å²) in [5.41, 5.74) is -0.0910. The van der Waals surface area contributed by atoms with Gasteiger partial charge in [-0.25, -0.2) is 19.3 Å². The molecule has 0 N–H and O–H groups in total. The highest BCUT2D eigenvalue weighted by molar-refractivity contribution is 5.77. The monoisotopic (exact) mass is 286 g/mol. The van der Waals surface area contributed by atoms with Crippen molar-refractivity contribution in [3.05, 3.63) is 57.4 Å². The molecule has 0 amide bonds. The summed E-state index contributed by atoms with van der Waals surface area (Å²) >= 11 is 0. The Morgan fingerprint density at radius 1 is 1.24 bits per heavy atom. The largest absolute Gasteiger partial charge is 0.422 e. The van der Waals surface area contributed by atoms with Gasteiger partial charge in [-0.15, -0.1) is 0 Å². The Hall–Kier alpha value is -2.70. The van der Waals surface area contributed by atoms with Gasteiger partial charge < -0.3 is 4.42 Å². The van der Waals surface area contributed by atoms with Gasteiger partial charge in [-0.2, -0.15) is 5.10 Å². The molecule has 0 radical (unpaired) electrons. The normalized spacial score (nSPS) is 11.1. The molecule has 0 fully saturated rings. The van der Waals surface area contributed by atoms with Gasteiger partial charge in [0.25, 0.3) is 0 Å². The molecule has 0 saturated carbocycles. The van der Waals surface area contributed by atoms with Crippen LogP contribution in [0.25, 0.3) is 10.9 Å². The molecule has 7 nitrogen and oxygen atoms in total. The predicted molar refractivity (Wildman–Crippen MR) is 76.2 cm³/mol. The van der Waals surface area contributed by atoms with E-state index in [0.717, 1.165) is 13.0 Å². The van der Waals surface area contributed by atoms with Crippen molar-refractivity contribution in [3.8, 4) is 0 Å². The third kappa shape index (κ3) is 2.37. The van der Waals surface area contributed by atoms with E-state index in [1.54, 1.807) is 28.9 Å². The van der Waals surface area contributed by atoms with Gasteiger partial charge in [0.15, 0.2) is 0 Å². The predicted octanol–water partition coefficient (Wildman–Crippen LogP) is 1.00. The number of benzene rings is 1. The van der Waals surface area contributed by atoms with Gasteiger partial charge in [-0.3, -0.25) is 4.57 Å². The van der Waals surface area contributed by atoms with Crippen LogP contribution < -0.4 is 11.4 Å². The molecule has 7 heteroatoms. The fourth-order valence-electron chi connectivity index (χ4n) is 2.27. The molecule has 2 heterocycles. The van der Waals surface area contributed by atoms with Crippen molar-refractivity contribution in [2.75, 3.05) is 0 Å². The lowest BCUT2D eigenvalue weighted by molar-refractivity contribution is 0.418. The molecule has 0 saturated heterocycles. The molecule has 0 bridgehead atoms. The van der Waals surface area contributed by atoms with E-state index in [2.05, 4.69) is 10.1 Å². The number of rotatable bonds is 4. The number of para-hydroxylation sites is 1. The summed E-state index contributed by atoms with van der Waals surface area (Å²) in [5.74, 6) is -0.0392. The Balaban J connectivity index is 2.15. The molecule has 0 aliphatic rings. The maximum atomic E-state index is 12.0. The zero-order valence-corrected chi connectivity index (χ0v) is 11.5. The summed E-state index contributed by atoms with van der Waals surface area (Å²) in [6, 6.07) is 6.85. The zero-order chi connectivity index (χ0) is 14.8. The van der Waals surface area contributed by atoms with E-state index in [-0.39, 0.29) is 6.54 Å². The van der Waals surface area contributed by atoms with Crippen molar-refractivity contribution in [2.24, 2.45) is 0 Å². The standard InChI is InChI=1S/C14H14N4O3/c1-2-7-18-12(15-9-16-18)8-17-11-6-4-3-5-10(11)13(19)21-14(17)20/h3-6,9H,2,7-8H2,1H3. The third-order valence-electron chi connectivity index (χ3n) is 3.25. The van der Waals surface area contributed by atoms with E-state index >= 15 is 0 Å². The molecule has 0 atom stereocenters. The first-order valence-electron chi connectivity index (χ1n) is 6.70. The topological polar surface area (TPSA) is 82.9 Å². The van der Waals surface area contributed by atoms with Crippen molar-refractivity contribution in [1.82, 2.24) is 19.3 Å². The van der Waals surface area contributed by atoms with Gasteiger partial charge in [-0.1, -0.05) is 19.1 Å². The second kappa shape index (κ2) is 5.35. The molecule has 1 aromatic carbocycles. The lowest BCUT2D eigenvalue weighted by atomic mass is 10.2. The number of aromatic nitrogens is 4. The number of aryl methyl sites for hydroxylation is 1. The zero-order valence-electron chi connectivity index (χ0n) is 11.5. The average Bonchev–Trinajstić information content (AvgIpc) is 2.91. The first kappa shape index (κ1) is 13.3. The van der Waals surface area contributed by atoms with Crippen LogP contribution in [-0.4, -0.2) is 19.3 Å². The van der Waals surface area contributed by atoms with Crippen molar-refractivity contribution < 1.29 is 4.42 Å². The molecule has 2 aromatic heterocycles. The van der Waals surface area contributed by atoms with Crippen molar-refractivity contribution in [2.45, 2.75) is 26.4 Å². The van der Waals surface area contributed by atoms with E-state index in [0.29, 0.717) is 16.7 Å². The van der Waals surface area contributed by atoms with Gasteiger partial charge in [0, 0.05) is 6.54 Å². The smallest absolute Gasteiger partial charge is 0.372 e. The van der Waals surface area contributed by atoms with Gasteiger partial charge in [0.1, 0.15) is 12.2 Å². The Labute approximate surface area is 119 Å². The number of hydrogen-bond donors (Lipinski definition) is 0. The molecular weight excluding hydrogens is 272 g/mol. The first-order chi connectivity index (χ1) is 10.2. The third-order valence-corrected chi connectivity index (χ3v) is 3.25. The number of nitrogens with zero attached hydrogens (tertiary/aromatic N) is 4. The van der Waals surface area contributed by atoms with Crippen molar-refractivity contribution >= 4 is 10.9 Å². The summed E-state index contributed by atoms with van der Waals surface area (Å²) in [6.07, 6.45) is 2.37. The van der Waals surface area contributed by atoms with Crippen molar-refractivity contribution in [3.63, 3.8) is 0 Å². The second-order valence-electron chi connectivity index (χ2n) is 4.66. The highest BCUT2D eigenvalue weighted by atomic mass is 16.4. The molecule has 3 rings (SSSR count). The van der Waals surface area contributed by atoms with Gasteiger partial charge >= 0.3 is 11.4 Å². The van der Waals surface area contributed by atoms with Gasteiger partial charge in [0.2, 0.25) is 0 Å². The van der Waals surface area contributed by atoms with Crippen LogP contribution in [0.15, 0.2) is 44.6 Å². The summed E-state index contributed by atoms with van der Waals surface area (Å²) in [4.78, 5) is 27.9. The minimum absolute atomic E-state index is 0.211. The SMILES string of the molecule is CCCn1ncnc1Cn1c(=O)oc(=O)c2ccccc21. The molecular formula is C14H14N4O3. The Morgan fingerprint density at radius 2 is 2.05 bits per heavy atom. The molecule has 0 unspecified atom stereocenters. The minimum Gasteiger partial charge on any atom is -0.372 e. The van der Waals surface area contributed by atoms with Crippen molar-refractivity contribution in [1.29, 1.82) is 0 Å². The average molecular weight is 286 g/mol. The van der Waals surface area contributed by atoms with Crippen LogP contribution in [0.3, 0.4) is 0 Å². The summed E-state index contributed by atoms with van der Waals surface area (Å²) in [6.45, 7) is 2.97. The van der Waals surface area contributed by atoms with Crippen LogP contribution in [0.5, 0.6) is 0 Å². The summed E-state index contributed by atoms with van der Waals surface area (Å²) in [7, 11) is 0.